The summed E-state index contributed by atoms with van der Waals surface area (Å²) in [6.45, 7) is 0.875. The number of hydrogen-bond donors (Lipinski definition) is 0. The molecule has 0 N–H and O–H groups in total. The number of amides is 1. The first-order valence-electron chi connectivity index (χ1n) is 10.4. The van der Waals surface area contributed by atoms with Crippen LogP contribution in [-0.2, 0) is 19.6 Å². The summed E-state index contributed by atoms with van der Waals surface area (Å²) in [5.41, 5.74) is 2.25. The Balaban J connectivity index is 1.66. The van der Waals surface area contributed by atoms with Crippen molar-refractivity contribution in [2.75, 3.05) is 0 Å². The summed E-state index contributed by atoms with van der Waals surface area (Å²) in [6.07, 6.45) is 3.36. The molecule has 0 aliphatic rings. The fourth-order valence-electron chi connectivity index (χ4n) is 3.52. The largest absolute Gasteiger partial charge is 0.328 e. The second kappa shape index (κ2) is 10.5. The van der Waals surface area contributed by atoms with Crippen LogP contribution in [0.4, 0.5) is 0 Å². The van der Waals surface area contributed by atoms with Gasteiger partial charge in [-0.2, -0.15) is 0 Å². The molecule has 2 aromatic carbocycles. The summed E-state index contributed by atoms with van der Waals surface area (Å²) in [5.74, 6) is -0.376. The van der Waals surface area contributed by atoms with E-state index >= 15 is 0 Å². The van der Waals surface area contributed by atoms with Crippen LogP contribution in [0.15, 0.2) is 96.1 Å². The van der Waals surface area contributed by atoms with Crippen molar-refractivity contribution in [3.05, 3.63) is 134 Å². The Morgan fingerprint density at radius 3 is 2.36 bits per heavy atom. The Morgan fingerprint density at radius 2 is 1.64 bits per heavy atom. The molecule has 33 heavy (non-hydrogen) atoms. The highest BCUT2D eigenvalue weighted by Gasteiger charge is 2.21. The average Bonchev–Trinajstić information content (AvgIpc) is 2.83. The molecular formula is C26H21Cl2N3O2. The molecule has 0 spiro atoms. The highest BCUT2D eigenvalue weighted by atomic mass is 35.5. The van der Waals surface area contributed by atoms with Gasteiger partial charge >= 0.3 is 0 Å². The molecule has 4 rings (SSSR count). The highest BCUT2D eigenvalue weighted by molar-refractivity contribution is 6.42. The summed E-state index contributed by atoms with van der Waals surface area (Å²) < 4.78 is 1.54. The molecular weight excluding hydrogens is 457 g/mol. The van der Waals surface area contributed by atoms with Gasteiger partial charge in [0, 0.05) is 18.9 Å². The highest BCUT2D eigenvalue weighted by Crippen LogP contribution is 2.24. The normalized spacial score (nSPS) is 10.7. The van der Waals surface area contributed by atoms with Crippen molar-refractivity contribution < 1.29 is 4.79 Å². The minimum atomic E-state index is -0.376. The number of pyridine rings is 2. The lowest BCUT2D eigenvalue weighted by atomic mass is 10.1. The Morgan fingerprint density at radius 1 is 0.848 bits per heavy atom. The smallest absolute Gasteiger partial charge is 0.263 e. The van der Waals surface area contributed by atoms with Crippen molar-refractivity contribution in [2.45, 2.75) is 19.6 Å². The number of halogens is 2. The quantitative estimate of drug-likeness (QED) is 0.356. The lowest BCUT2D eigenvalue weighted by molar-refractivity contribution is 0.0725. The van der Waals surface area contributed by atoms with Crippen LogP contribution < -0.4 is 5.56 Å². The Kier molecular flexibility index (Phi) is 7.23. The predicted molar refractivity (Wildman–Crippen MR) is 131 cm³/mol. The molecule has 0 aliphatic heterocycles. The third kappa shape index (κ3) is 5.69. The number of carbonyl (C=O) groups excluding carboxylic acids is 1. The van der Waals surface area contributed by atoms with Gasteiger partial charge in [-0.15, -0.1) is 0 Å². The van der Waals surface area contributed by atoms with Gasteiger partial charge in [0.15, 0.2) is 0 Å². The van der Waals surface area contributed by atoms with E-state index in [1.165, 1.54) is 0 Å². The van der Waals surface area contributed by atoms with Crippen molar-refractivity contribution in [2.24, 2.45) is 0 Å². The third-order valence-electron chi connectivity index (χ3n) is 5.17. The fourth-order valence-corrected chi connectivity index (χ4v) is 3.84. The van der Waals surface area contributed by atoms with Crippen LogP contribution in [0, 0.1) is 0 Å². The van der Waals surface area contributed by atoms with E-state index in [4.69, 9.17) is 23.2 Å². The van der Waals surface area contributed by atoms with E-state index in [2.05, 4.69) is 4.98 Å². The van der Waals surface area contributed by atoms with Crippen LogP contribution in [0.25, 0.3) is 0 Å². The van der Waals surface area contributed by atoms with Gasteiger partial charge in [0.05, 0.1) is 28.8 Å². The van der Waals surface area contributed by atoms with Crippen LogP contribution in [0.2, 0.25) is 10.0 Å². The van der Waals surface area contributed by atoms with Gasteiger partial charge in [0.25, 0.3) is 11.5 Å². The molecule has 0 atom stereocenters. The van der Waals surface area contributed by atoms with E-state index < -0.39 is 0 Å². The van der Waals surface area contributed by atoms with E-state index in [9.17, 15) is 9.59 Å². The monoisotopic (exact) mass is 477 g/mol. The van der Waals surface area contributed by atoms with Crippen molar-refractivity contribution in [1.29, 1.82) is 0 Å². The fraction of sp³-hybridized carbons (Fsp3) is 0.115. The van der Waals surface area contributed by atoms with E-state index in [1.54, 1.807) is 46.1 Å². The maximum absolute atomic E-state index is 13.6. The van der Waals surface area contributed by atoms with E-state index in [0.717, 1.165) is 11.1 Å². The summed E-state index contributed by atoms with van der Waals surface area (Å²) in [6, 6.07) is 23.7. The molecule has 0 radical (unpaired) electrons. The molecule has 0 bridgehead atoms. The van der Waals surface area contributed by atoms with Gasteiger partial charge in [-0.3, -0.25) is 14.6 Å². The minimum Gasteiger partial charge on any atom is -0.328 e. The first-order valence-corrected chi connectivity index (χ1v) is 11.1. The van der Waals surface area contributed by atoms with Crippen molar-refractivity contribution >= 4 is 29.1 Å². The van der Waals surface area contributed by atoms with Gasteiger partial charge in [-0.1, -0.05) is 65.7 Å². The average molecular weight is 478 g/mol. The number of carbonyl (C=O) groups is 1. The first-order chi connectivity index (χ1) is 16.0. The van der Waals surface area contributed by atoms with Crippen LogP contribution in [0.5, 0.6) is 0 Å². The number of hydrogen-bond acceptors (Lipinski definition) is 3. The Bertz CT molecular complexity index is 1310. The summed E-state index contributed by atoms with van der Waals surface area (Å²) in [7, 11) is 0. The Labute approximate surface area is 201 Å². The Hall–Kier alpha value is -3.41. The number of rotatable bonds is 7. The van der Waals surface area contributed by atoms with E-state index in [0.29, 0.717) is 22.3 Å². The SMILES string of the molecule is O=C(c1cccn(Cc2ccccc2)c1=O)N(Cc1ccc(Cl)c(Cl)c1)Cc1ccccn1. The van der Waals surface area contributed by atoms with Crippen LogP contribution in [0.1, 0.15) is 27.2 Å². The molecule has 2 aromatic heterocycles. The van der Waals surface area contributed by atoms with Gasteiger partial charge in [0.2, 0.25) is 0 Å². The molecule has 0 fully saturated rings. The maximum Gasteiger partial charge on any atom is 0.263 e. The summed E-state index contributed by atoms with van der Waals surface area (Å²) in [5, 5.41) is 0.846. The molecule has 0 unspecified atom stereocenters. The molecule has 4 aromatic rings. The molecule has 0 saturated heterocycles. The topological polar surface area (TPSA) is 55.2 Å². The molecule has 166 valence electrons. The second-order valence-electron chi connectivity index (χ2n) is 7.57. The third-order valence-corrected chi connectivity index (χ3v) is 5.91. The molecule has 7 heteroatoms. The van der Waals surface area contributed by atoms with Gasteiger partial charge in [-0.25, -0.2) is 0 Å². The minimum absolute atomic E-state index is 0.101. The molecule has 0 aliphatic carbocycles. The van der Waals surface area contributed by atoms with Crippen LogP contribution >= 0.6 is 23.2 Å². The summed E-state index contributed by atoms with van der Waals surface area (Å²) >= 11 is 12.2. The van der Waals surface area contributed by atoms with Crippen molar-refractivity contribution in [3.63, 3.8) is 0 Å². The predicted octanol–water partition coefficient (Wildman–Crippen LogP) is 5.44. The number of aromatic nitrogens is 2. The van der Waals surface area contributed by atoms with Crippen LogP contribution in [0.3, 0.4) is 0 Å². The van der Waals surface area contributed by atoms with Crippen molar-refractivity contribution in [1.82, 2.24) is 14.5 Å². The lowest BCUT2D eigenvalue weighted by Crippen LogP contribution is -2.36. The standard InChI is InChI=1S/C26H21Cl2N3O2/c27-23-12-11-20(15-24(23)28)17-31(18-21-9-4-5-13-29-21)26(33)22-10-6-14-30(25(22)32)16-19-7-2-1-3-8-19/h1-15H,16-18H2. The number of nitrogens with zero attached hydrogens (tertiary/aromatic N) is 3. The first kappa shape index (κ1) is 22.8. The van der Waals surface area contributed by atoms with Crippen molar-refractivity contribution in [3.8, 4) is 0 Å². The second-order valence-corrected chi connectivity index (χ2v) is 8.39. The maximum atomic E-state index is 13.6. The van der Waals surface area contributed by atoms with Gasteiger partial charge in [0.1, 0.15) is 5.56 Å². The zero-order valence-corrected chi connectivity index (χ0v) is 19.2. The zero-order chi connectivity index (χ0) is 23.2. The van der Waals surface area contributed by atoms with E-state index in [-0.39, 0.29) is 30.1 Å². The number of benzene rings is 2. The summed E-state index contributed by atoms with van der Waals surface area (Å²) in [4.78, 5) is 32.7. The van der Waals surface area contributed by atoms with Gasteiger partial charge in [-0.05, 0) is 47.5 Å². The molecule has 5 nitrogen and oxygen atoms in total. The molecule has 1 amide bonds. The zero-order valence-electron chi connectivity index (χ0n) is 17.7. The molecule has 2 heterocycles. The molecule has 0 saturated carbocycles. The van der Waals surface area contributed by atoms with Crippen LogP contribution in [-0.4, -0.2) is 20.4 Å². The van der Waals surface area contributed by atoms with Gasteiger partial charge < -0.3 is 9.47 Å². The lowest BCUT2D eigenvalue weighted by Gasteiger charge is -2.23. The van der Waals surface area contributed by atoms with E-state index in [1.807, 2.05) is 54.6 Å².